The van der Waals surface area contributed by atoms with Gasteiger partial charge in [0.15, 0.2) is 0 Å². The Bertz CT molecular complexity index is 1140. The highest BCUT2D eigenvalue weighted by molar-refractivity contribution is 6.30. The van der Waals surface area contributed by atoms with Crippen molar-refractivity contribution in [2.75, 3.05) is 13.2 Å². The summed E-state index contributed by atoms with van der Waals surface area (Å²) in [5, 5.41) is 24.2. The van der Waals surface area contributed by atoms with Gasteiger partial charge in [-0.1, -0.05) is 74.5 Å². The van der Waals surface area contributed by atoms with Crippen LogP contribution >= 0.6 is 11.6 Å². The van der Waals surface area contributed by atoms with Gasteiger partial charge in [-0.15, -0.1) is 0 Å². The predicted octanol–water partition coefficient (Wildman–Crippen LogP) is 4.35. The summed E-state index contributed by atoms with van der Waals surface area (Å²) in [6.07, 6.45) is 5.39. The Morgan fingerprint density at radius 2 is 1.79 bits per heavy atom. The molecule has 4 rings (SSSR count). The summed E-state index contributed by atoms with van der Waals surface area (Å²) in [6, 6.07) is 14.0. The Morgan fingerprint density at radius 1 is 1.05 bits per heavy atom. The Kier molecular flexibility index (Phi) is 9.83. The second kappa shape index (κ2) is 13.3. The number of ether oxygens (including phenoxy) is 1. The van der Waals surface area contributed by atoms with Crippen LogP contribution in [0.1, 0.15) is 62.5 Å². The molecule has 1 heterocycles. The fourth-order valence-corrected chi connectivity index (χ4v) is 5.49. The van der Waals surface area contributed by atoms with Crippen molar-refractivity contribution in [2.24, 2.45) is 0 Å². The lowest BCUT2D eigenvalue weighted by atomic mass is 9.77. The van der Waals surface area contributed by atoms with Crippen molar-refractivity contribution in [2.45, 2.75) is 76.2 Å². The van der Waals surface area contributed by atoms with E-state index in [-0.39, 0.29) is 31.5 Å². The lowest BCUT2D eigenvalue weighted by Crippen LogP contribution is -2.55. The van der Waals surface area contributed by atoms with E-state index in [1.165, 1.54) is 0 Å². The van der Waals surface area contributed by atoms with E-state index in [2.05, 4.69) is 12.2 Å². The molecule has 1 aliphatic heterocycles. The largest absolute Gasteiger partial charge is 0.486 e. The molecule has 0 fully saturated rings. The van der Waals surface area contributed by atoms with Crippen LogP contribution in [-0.4, -0.2) is 58.3 Å². The Balaban J connectivity index is 1.67. The smallest absolute Gasteiger partial charge is 0.247 e. The number of amides is 2. The fraction of sp³-hybridized carbons (Fsp3) is 0.467. The molecule has 1 aliphatic carbocycles. The Labute approximate surface area is 229 Å². The normalized spacial score (nSPS) is 21.6. The summed E-state index contributed by atoms with van der Waals surface area (Å²) in [4.78, 5) is 28.6. The molecule has 0 saturated carbocycles. The molecule has 38 heavy (non-hydrogen) atoms. The van der Waals surface area contributed by atoms with Crippen LogP contribution in [0.4, 0.5) is 0 Å². The third-order valence-electron chi connectivity index (χ3n) is 7.32. The van der Waals surface area contributed by atoms with E-state index in [1.54, 1.807) is 23.1 Å². The van der Waals surface area contributed by atoms with Gasteiger partial charge in [0.2, 0.25) is 11.8 Å². The number of hydrogen-bond acceptors (Lipinski definition) is 5. The zero-order valence-corrected chi connectivity index (χ0v) is 22.6. The number of aliphatic hydroxyl groups is 2. The SMILES string of the molecule is CCCCCCCC(=O)N(Cc1ccc(Cl)cc1)[C@@H]1C=C(C(=O)NCCO)[C@@H]2c3ccccc3O[C@@H]2[C@H]1O. The number of carbonyl (C=O) groups is 2. The van der Waals surface area contributed by atoms with Crippen molar-refractivity contribution in [3.05, 3.63) is 76.3 Å². The molecule has 0 bridgehead atoms. The molecule has 0 spiro atoms. The van der Waals surface area contributed by atoms with Crippen molar-refractivity contribution >= 4 is 23.4 Å². The minimum absolute atomic E-state index is 0.0826. The van der Waals surface area contributed by atoms with Gasteiger partial charge >= 0.3 is 0 Å². The third kappa shape index (κ3) is 6.40. The van der Waals surface area contributed by atoms with Gasteiger partial charge in [-0.2, -0.15) is 0 Å². The summed E-state index contributed by atoms with van der Waals surface area (Å²) < 4.78 is 6.18. The maximum atomic E-state index is 13.6. The topological polar surface area (TPSA) is 99.1 Å². The van der Waals surface area contributed by atoms with Crippen molar-refractivity contribution < 1.29 is 24.5 Å². The number of rotatable bonds is 12. The van der Waals surface area contributed by atoms with Crippen LogP contribution in [0.3, 0.4) is 0 Å². The number of para-hydroxylation sites is 1. The highest BCUT2D eigenvalue weighted by Crippen LogP contribution is 2.47. The molecule has 2 amide bonds. The first-order valence-corrected chi connectivity index (χ1v) is 13.9. The molecule has 2 aromatic carbocycles. The number of benzene rings is 2. The lowest BCUT2D eigenvalue weighted by molar-refractivity contribution is -0.138. The zero-order chi connectivity index (χ0) is 27.1. The summed E-state index contributed by atoms with van der Waals surface area (Å²) in [5.41, 5.74) is 2.13. The summed E-state index contributed by atoms with van der Waals surface area (Å²) in [6.45, 7) is 2.33. The monoisotopic (exact) mass is 540 g/mol. The van der Waals surface area contributed by atoms with E-state index < -0.39 is 24.2 Å². The van der Waals surface area contributed by atoms with E-state index >= 15 is 0 Å². The number of hydrogen-bond donors (Lipinski definition) is 3. The molecular weight excluding hydrogens is 504 g/mol. The van der Waals surface area contributed by atoms with Gasteiger partial charge in [0.25, 0.3) is 0 Å². The van der Waals surface area contributed by atoms with Gasteiger partial charge in [0.1, 0.15) is 18.0 Å². The molecule has 7 nitrogen and oxygen atoms in total. The fourth-order valence-electron chi connectivity index (χ4n) is 5.36. The molecule has 0 radical (unpaired) electrons. The average molecular weight is 541 g/mol. The van der Waals surface area contributed by atoms with E-state index in [9.17, 15) is 19.8 Å². The first-order valence-electron chi connectivity index (χ1n) is 13.5. The summed E-state index contributed by atoms with van der Waals surface area (Å²) in [5.74, 6) is -0.280. The van der Waals surface area contributed by atoms with Crippen LogP contribution in [0, 0.1) is 0 Å². The molecule has 0 unspecified atom stereocenters. The minimum atomic E-state index is -1.04. The van der Waals surface area contributed by atoms with Crippen molar-refractivity contribution in [3.8, 4) is 5.75 Å². The van der Waals surface area contributed by atoms with Crippen molar-refractivity contribution in [1.82, 2.24) is 10.2 Å². The van der Waals surface area contributed by atoms with E-state index in [0.29, 0.717) is 22.8 Å². The third-order valence-corrected chi connectivity index (χ3v) is 7.57. The number of carbonyl (C=O) groups excluding carboxylic acids is 2. The number of nitrogens with zero attached hydrogens (tertiary/aromatic N) is 1. The van der Waals surface area contributed by atoms with Crippen molar-refractivity contribution in [3.63, 3.8) is 0 Å². The second-order valence-corrected chi connectivity index (χ2v) is 10.4. The number of fused-ring (bicyclic) bond motifs is 3. The molecule has 2 aliphatic rings. The number of nitrogens with one attached hydrogen (secondary N) is 1. The molecular formula is C30H37ClN2O5. The van der Waals surface area contributed by atoms with Crippen LogP contribution in [-0.2, 0) is 16.1 Å². The quantitative estimate of drug-likeness (QED) is 0.348. The van der Waals surface area contributed by atoms with E-state index in [4.69, 9.17) is 16.3 Å². The predicted molar refractivity (Wildman–Crippen MR) is 147 cm³/mol. The summed E-state index contributed by atoms with van der Waals surface area (Å²) in [7, 11) is 0. The van der Waals surface area contributed by atoms with E-state index in [0.717, 1.165) is 43.2 Å². The van der Waals surface area contributed by atoms with Gasteiger partial charge in [0.05, 0.1) is 18.6 Å². The molecule has 3 N–H and O–H groups in total. The van der Waals surface area contributed by atoms with Gasteiger partial charge < -0.3 is 25.2 Å². The molecule has 4 atom stereocenters. The lowest BCUT2D eigenvalue weighted by Gasteiger charge is -2.41. The molecule has 2 aromatic rings. The number of unbranched alkanes of at least 4 members (excludes halogenated alkanes) is 4. The molecule has 8 heteroatoms. The van der Waals surface area contributed by atoms with Gasteiger partial charge in [-0.25, -0.2) is 0 Å². The molecule has 0 saturated heterocycles. The van der Waals surface area contributed by atoms with Gasteiger partial charge in [0, 0.05) is 35.7 Å². The molecule has 0 aromatic heterocycles. The highest BCUT2D eigenvalue weighted by Gasteiger charge is 2.50. The first kappa shape index (κ1) is 28.1. The van der Waals surface area contributed by atoms with Crippen LogP contribution in [0.25, 0.3) is 0 Å². The standard InChI is InChI=1S/C30H37ClN2O5/c1-2-3-4-5-6-11-26(35)33(19-20-12-14-21(31)15-13-20)24-18-23(30(37)32-16-17-34)27-22-9-7-8-10-25(22)38-29(27)28(24)36/h7-10,12-15,18,24,27-29,34,36H,2-6,11,16-17,19H2,1H3,(H,32,37)/t24-,27+,28+,29+/m1/s1. The van der Waals surface area contributed by atoms with Crippen LogP contribution in [0.5, 0.6) is 5.75 Å². The average Bonchev–Trinajstić information content (AvgIpc) is 3.32. The van der Waals surface area contributed by atoms with Crippen LogP contribution in [0.15, 0.2) is 60.2 Å². The van der Waals surface area contributed by atoms with Gasteiger partial charge in [-0.3, -0.25) is 9.59 Å². The maximum Gasteiger partial charge on any atom is 0.247 e. The number of halogens is 1. The highest BCUT2D eigenvalue weighted by atomic mass is 35.5. The zero-order valence-electron chi connectivity index (χ0n) is 21.8. The first-order chi connectivity index (χ1) is 18.4. The second-order valence-electron chi connectivity index (χ2n) is 9.99. The van der Waals surface area contributed by atoms with Crippen LogP contribution in [0.2, 0.25) is 5.02 Å². The molecule has 204 valence electrons. The Morgan fingerprint density at radius 3 is 2.53 bits per heavy atom. The maximum absolute atomic E-state index is 13.6. The summed E-state index contributed by atoms with van der Waals surface area (Å²) >= 11 is 6.08. The minimum Gasteiger partial charge on any atom is -0.486 e. The van der Waals surface area contributed by atoms with E-state index in [1.807, 2.05) is 36.4 Å². The Hall–Kier alpha value is -2.87. The number of aliphatic hydroxyl groups excluding tert-OH is 2. The van der Waals surface area contributed by atoms with Gasteiger partial charge in [-0.05, 0) is 36.3 Å². The van der Waals surface area contributed by atoms with Crippen LogP contribution < -0.4 is 10.1 Å². The van der Waals surface area contributed by atoms with Crippen molar-refractivity contribution in [1.29, 1.82) is 0 Å².